The summed E-state index contributed by atoms with van der Waals surface area (Å²) in [6.45, 7) is 2.14. The number of nitrogens with one attached hydrogen (secondary N) is 3. The fourth-order valence-electron chi connectivity index (χ4n) is 5.43. The molecule has 2 saturated heterocycles. The maximum atomic E-state index is 12.4. The van der Waals surface area contributed by atoms with Gasteiger partial charge in [-0.2, -0.15) is 0 Å². The van der Waals surface area contributed by atoms with E-state index in [1.54, 1.807) is 0 Å². The van der Waals surface area contributed by atoms with Crippen molar-refractivity contribution >= 4 is 23.5 Å². The van der Waals surface area contributed by atoms with Crippen molar-refractivity contribution in [1.82, 2.24) is 16.0 Å². The Morgan fingerprint density at radius 3 is 1.80 bits per heavy atom. The number of hydrogen-bond acceptors (Lipinski definition) is 15. The zero-order valence-corrected chi connectivity index (χ0v) is 28.1. The number of carbonyl (C=O) groups excluding carboxylic acids is 4. The number of Topliss-reactive ketones (excluding diaryl/α,β-unsaturated/α-hetero) is 1. The van der Waals surface area contributed by atoms with E-state index in [0.29, 0.717) is 51.5 Å². The Morgan fingerprint density at radius 1 is 0.673 bits per heavy atom. The molecule has 10 unspecified atom stereocenters. The molecule has 284 valence electrons. The topological polar surface area (TPSA) is 283 Å². The second-order valence-corrected chi connectivity index (χ2v) is 12.4. The van der Waals surface area contributed by atoms with Crippen molar-refractivity contribution in [2.75, 3.05) is 33.0 Å². The molecule has 2 rings (SSSR count). The van der Waals surface area contributed by atoms with Crippen LogP contribution >= 0.6 is 0 Å². The van der Waals surface area contributed by atoms with Crippen LogP contribution in [0.3, 0.4) is 0 Å². The van der Waals surface area contributed by atoms with Gasteiger partial charge in [0.05, 0.1) is 19.3 Å². The average molecular weight is 710 g/mol. The highest BCUT2D eigenvalue weighted by molar-refractivity contribution is 5.87. The molecule has 10 N–H and O–H groups in total. The third kappa shape index (κ3) is 14.4. The van der Waals surface area contributed by atoms with Gasteiger partial charge in [0.2, 0.25) is 17.7 Å². The summed E-state index contributed by atoms with van der Waals surface area (Å²) in [4.78, 5) is 48.2. The molecule has 2 aliphatic rings. The lowest BCUT2D eigenvalue weighted by Gasteiger charge is -2.42. The van der Waals surface area contributed by atoms with Crippen LogP contribution in [0.1, 0.15) is 71.6 Å². The molecule has 0 radical (unpaired) electrons. The lowest BCUT2D eigenvalue weighted by Crippen LogP contribution is -2.64. The van der Waals surface area contributed by atoms with E-state index in [2.05, 4.69) is 16.0 Å². The Labute approximate surface area is 285 Å². The summed E-state index contributed by atoms with van der Waals surface area (Å²) >= 11 is 0. The summed E-state index contributed by atoms with van der Waals surface area (Å²) in [5.41, 5.74) is 0. The molecule has 0 aromatic rings. The maximum absolute atomic E-state index is 12.4. The van der Waals surface area contributed by atoms with Crippen LogP contribution in [-0.4, -0.2) is 160 Å². The van der Waals surface area contributed by atoms with Crippen molar-refractivity contribution in [2.24, 2.45) is 0 Å². The van der Waals surface area contributed by atoms with Crippen LogP contribution in [0.4, 0.5) is 0 Å². The minimum Gasteiger partial charge on any atom is -0.394 e. The van der Waals surface area contributed by atoms with Crippen LogP contribution in [0, 0.1) is 0 Å². The molecular weight excluding hydrogens is 654 g/mol. The molecule has 2 aliphatic heterocycles. The lowest BCUT2D eigenvalue weighted by atomic mass is 9.97. The normalized spacial score (nSPS) is 30.7. The highest BCUT2D eigenvalue weighted by Crippen LogP contribution is 2.23. The molecule has 18 heteroatoms. The predicted octanol–water partition coefficient (Wildman–Crippen LogP) is -3.54. The number of unbranched alkanes of at least 4 members (excludes halogenated alkanes) is 3. The van der Waals surface area contributed by atoms with Crippen molar-refractivity contribution in [3.63, 3.8) is 0 Å². The monoisotopic (exact) mass is 709 g/mol. The molecule has 18 nitrogen and oxygen atoms in total. The van der Waals surface area contributed by atoms with Gasteiger partial charge in [0.1, 0.15) is 48.8 Å². The van der Waals surface area contributed by atoms with E-state index in [-0.39, 0.29) is 43.7 Å². The van der Waals surface area contributed by atoms with Crippen molar-refractivity contribution in [3.8, 4) is 0 Å². The first kappa shape index (κ1) is 42.8. The van der Waals surface area contributed by atoms with E-state index in [0.717, 1.165) is 0 Å². The highest BCUT2D eigenvalue weighted by Gasteiger charge is 2.45. The molecule has 2 fully saturated rings. The molecule has 3 amide bonds. The number of aliphatic hydroxyl groups excluding tert-OH is 7. The van der Waals surface area contributed by atoms with Gasteiger partial charge in [-0.1, -0.05) is 0 Å². The lowest BCUT2D eigenvalue weighted by molar-refractivity contribution is -0.301. The molecule has 0 saturated carbocycles. The molecule has 0 aromatic heterocycles. The van der Waals surface area contributed by atoms with Crippen molar-refractivity contribution in [3.05, 3.63) is 0 Å². The number of carbonyl (C=O) groups is 4. The third-order valence-corrected chi connectivity index (χ3v) is 8.33. The zero-order chi connectivity index (χ0) is 36.5. The summed E-state index contributed by atoms with van der Waals surface area (Å²) in [7, 11) is 0. The summed E-state index contributed by atoms with van der Waals surface area (Å²) in [6.07, 6.45) is -8.10. The van der Waals surface area contributed by atoms with Gasteiger partial charge in [-0.15, -0.1) is 0 Å². The van der Waals surface area contributed by atoms with E-state index in [4.69, 9.17) is 18.9 Å². The fraction of sp³-hybridized carbons (Fsp3) is 0.871. The van der Waals surface area contributed by atoms with Crippen LogP contribution in [-0.2, 0) is 38.1 Å². The largest absolute Gasteiger partial charge is 0.394 e. The molecule has 2 heterocycles. The van der Waals surface area contributed by atoms with Gasteiger partial charge in [-0.05, 0) is 51.9 Å². The number of ether oxygens (including phenoxy) is 4. The molecule has 49 heavy (non-hydrogen) atoms. The van der Waals surface area contributed by atoms with Gasteiger partial charge in [0, 0.05) is 39.5 Å². The summed E-state index contributed by atoms with van der Waals surface area (Å²) in [5, 5.41) is 76.6. The number of ketones is 1. The summed E-state index contributed by atoms with van der Waals surface area (Å²) in [6, 6.07) is -1.69. The average Bonchev–Trinajstić information content (AvgIpc) is 3.06. The summed E-state index contributed by atoms with van der Waals surface area (Å²) < 4.78 is 21.8. The Bertz CT molecular complexity index is 1020. The molecule has 0 aromatic carbocycles. The van der Waals surface area contributed by atoms with Crippen LogP contribution in [0.2, 0.25) is 0 Å². The van der Waals surface area contributed by atoms with Crippen LogP contribution in [0.15, 0.2) is 0 Å². The van der Waals surface area contributed by atoms with Gasteiger partial charge in [0.15, 0.2) is 18.4 Å². The number of hydrogen-bond donors (Lipinski definition) is 10. The second-order valence-electron chi connectivity index (χ2n) is 12.4. The molecular formula is C31H55N3O15. The first-order chi connectivity index (χ1) is 23.3. The number of rotatable bonds is 22. The fourth-order valence-corrected chi connectivity index (χ4v) is 5.43. The number of aliphatic hydroxyl groups is 7. The minimum absolute atomic E-state index is 0.0873. The Morgan fingerprint density at radius 2 is 1.22 bits per heavy atom. The second kappa shape index (κ2) is 22.5. The maximum Gasteiger partial charge on any atom is 0.220 e. The van der Waals surface area contributed by atoms with Crippen LogP contribution < -0.4 is 16.0 Å². The van der Waals surface area contributed by atoms with Gasteiger partial charge >= 0.3 is 0 Å². The zero-order valence-electron chi connectivity index (χ0n) is 28.1. The summed E-state index contributed by atoms with van der Waals surface area (Å²) in [5.74, 6) is -1.13. The molecule has 11 atom stereocenters. The highest BCUT2D eigenvalue weighted by atomic mass is 16.7. The molecule has 0 bridgehead atoms. The van der Waals surface area contributed by atoms with E-state index >= 15 is 0 Å². The number of amides is 3. The van der Waals surface area contributed by atoms with E-state index in [1.165, 1.54) is 13.8 Å². The Balaban J connectivity index is 1.56. The van der Waals surface area contributed by atoms with Crippen molar-refractivity contribution in [1.29, 1.82) is 0 Å². The quantitative estimate of drug-likeness (QED) is 0.0488. The molecule has 0 aliphatic carbocycles. The Hall–Kier alpha value is -2.36. The standard InChI is InChI=1S/C31H55N3O15/c1-17(37)19(34-23(40)11-5-8-14-47-31-29(45)28(44)26(42)21(16-36)49-31)9-3-6-12-32-22(39)10-4-7-13-46-30-24(33-18(2)38)27(43)25(41)20(15-35)48-30/h19-21,24-31,35-36,41-45H,3-16H2,1-2H3,(H,32,39)(H,33,38)(H,34,40)/t19-,20?,21?,24?,25?,26?,27?,28?,29?,30?,31?/m1/s1. The Kier molecular flexibility index (Phi) is 19.6. The van der Waals surface area contributed by atoms with E-state index < -0.39 is 86.5 Å². The predicted molar refractivity (Wildman–Crippen MR) is 168 cm³/mol. The van der Waals surface area contributed by atoms with E-state index in [1.807, 2.05) is 0 Å². The van der Waals surface area contributed by atoms with Gasteiger partial charge in [-0.3, -0.25) is 19.2 Å². The van der Waals surface area contributed by atoms with Gasteiger partial charge in [-0.25, -0.2) is 0 Å². The minimum atomic E-state index is -1.54. The van der Waals surface area contributed by atoms with Crippen LogP contribution in [0.25, 0.3) is 0 Å². The third-order valence-electron chi connectivity index (χ3n) is 8.33. The molecule has 0 spiro atoms. The van der Waals surface area contributed by atoms with Crippen LogP contribution in [0.5, 0.6) is 0 Å². The van der Waals surface area contributed by atoms with Gasteiger partial charge < -0.3 is 70.6 Å². The first-order valence-electron chi connectivity index (χ1n) is 16.8. The van der Waals surface area contributed by atoms with Crippen molar-refractivity contribution < 1.29 is 73.9 Å². The SMILES string of the molecule is CC(=O)NC1C(OCCCCC(=O)NCCCC[C@@H](NC(=O)CCCCOC2OC(CO)C(O)C(O)C2O)C(C)=O)OC(CO)C(O)C1O. The smallest absolute Gasteiger partial charge is 0.220 e. The van der Waals surface area contributed by atoms with E-state index in [9.17, 15) is 54.9 Å². The van der Waals surface area contributed by atoms with Gasteiger partial charge in [0.25, 0.3) is 0 Å². The first-order valence-corrected chi connectivity index (χ1v) is 16.8. The van der Waals surface area contributed by atoms with Crippen molar-refractivity contribution in [2.45, 2.75) is 139 Å².